The predicted octanol–water partition coefficient (Wildman–Crippen LogP) is 1.69. The summed E-state index contributed by atoms with van der Waals surface area (Å²) in [6.45, 7) is 3.77. The van der Waals surface area contributed by atoms with Crippen molar-refractivity contribution in [3.8, 4) is 0 Å². The molecule has 0 aromatic rings. The third-order valence-corrected chi connectivity index (χ3v) is 4.02. The molecule has 98 valence electrons. The van der Waals surface area contributed by atoms with Crippen LogP contribution in [0.3, 0.4) is 0 Å². The lowest BCUT2D eigenvalue weighted by molar-refractivity contribution is 0.115. The number of aliphatic hydroxyl groups excluding tert-OH is 1. The zero-order valence-corrected chi connectivity index (χ0v) is 10.6. The molecule has 17 heavy (non-hydrogen) atoms. The SMILES string of the molecule is O=C(N1CCCCCC1)N1CCC(CO)CC1. The van der Waals surface area contributed by atoms with Gasteiger partial charge in [0.2, 0.25) is 0 Å². The molecule has 2 aliphatic heterocycles. The van der Waals surface area contributed by atoms with E-state index in [2.05, 4.69) is 0 Å². The van der Waals surface area contributed by atoms with Crippen LogP contribution in [0.4, 0.5) is 4.79 Å². The molecule has 4 heteroatoms. The third kappa shape index (κ3) is 3.35. The quantitative estimate of drug-likeness (QED) is 0.758. The predicted molar refractivity (Wildman–Crippen MR) is 66.8 cm³/mol. The number of nitrogens with zero attached hydrogens (tertiary/aromatic N) is 2. The third-order valence-electron chi connectivity index (χ3n) is 4.02. The molecule has 2 amide bonds. The van der Waals surface area contributed by atoms with Crippen LogP contribution in [0.2, 0.25) is 0 Å². The molecule has 4 nitrogen and oxygen atoms in total. The average molecular weight is 240 g/mol. The zero-order valence-electron chi connectivity index (χ0n) is 10.6. The largest absolute Gasteiger partial charge is 0.396 e. The molecule has 2 aliphatic rings. The van der Waals surface area contributed by atoms with E-state index in [0.717, 1.165) is 51.9 Å². The first kappa shape index (κ1) is 12.7. The van der Waals surface area contributed by atoms with Gasteiger partial charge in [-0.3, -0.25) is 0 Å². The van der Waals surface area contributed by atoms with Crippen LogP contribution in [0.1, 0.15) is 38.5 Å². The summed E-state index contributed by atoms with van der Waals surface area (Å²) in [5.74, 6) is 0.406. The zero-order chi connectivity index (χ0) is 12.1. The Kier molecular flexibility index (Phi) is 4.66. The molecule has 0 aliphatic carbocycles. The van der Waals surface area contributed by atoms with E-state index < -0.39 is 0 Å². The maximum Gasteiger partial charge on any atom is 0.319 e. The average Bonchev–Trinajstić information content (AvgIpc) is 2.67. The molecular weight excluding hydrogens is 216 g/mol. The number of urea groups is 1. The van der Waals surface area contributed by atoms with Crippen molar-refractivity contribution in [3.05, 3.63) is 0 Å². The number of rotatable bonds is 1. The molecule has 2 saturated heterocycles. The Bertz CT molecular complexity index is 242. The Labute approximate surface area is 104 Å². The summed E-state index contributed by atoms with van der Waals surface area (Å²) in [5.41, 5.74) is 0. The minimum absolute atomic E-state index is 0.225. The normalized spacial score (nSPS) is 23.6. The van der Waals surface area contributed by atoms with Crippen molar-refractivity contribution in [1.82, 2.24) is 9.80 Å². The van der Waals surface area contributed by atoms with Crippen molar-refractivity contribution in [2.75, 3.05) is 32.8 Å². The topological polar surface area (TPSA) is 43.8 Å². The van der Waals surface area contributed by atoms with Crippen LogP contribution in [0.15, 0.2) is 0 Å². The van der Waals surface area contributed by atoms with Gasteiger partial charge in [-0.15, -0.1) is 0 Å². The lowest BCUT2D eigenvalue weighted by Gasteiger charge is -2.35. The van der Waals surface area contributed by atoms with Crippen LogP contribution in [0, 0.1) is 5.92 Å². The second-order valence-electron chi connectivity index (χ2n) is 5.30. The van der Waals surface area contributed by atoms with Gasteiger partial charge in [-0.2, -0.15) is 0 Å². The van der Waals surface area contributed by atoms with Crippen LogP contribution in [-0.4, -0.2) is 53.7 Å². The highest BCUT2D eigenvalue weighted by atomic mass is 16.3. The summed E-state index contributed by atoms with van der Waals surface area (Å²) in [5, 5.41) is 9.09. The van der Waals surface area contributed by atoms with Gasteiger partial charge in [0.25, 0.3) is 0 Å². The number of hydrogen-bond donors (Lipinski definition) is 1. The van der Waals surface area contributed by atoms with Gasteiger partial charge in [0, 0.05) is 32.8 Å². The van der Waals surface area contributed by atoms with Gasteiger partial charge in [-0.05, 0) is 31.6 Å². The molecule has 0 radical (unpaired) electrons. The number of likely N-dealkylation sites (tertiary alicyclic amines) is 2. The van der Waals surface area contributed by atoms with E-state index in [1.165, 1.54) is 12.8 Å². The van der Waals surface area contributed by atoms with E-state index in [9.17, 15) is 4.79 Å². The highest BCUT2D eigenvalue weighted by molar-refractivity contribution is 5.74. The van der Waals surface area contributed by atoms with Gasteiger partial charge in [0.1, 0.15) is 0 Å². The molecular formula is C13H24N2O2. The number of carbonyl (C=O) groups is 1. The molecule has 0 aromatic carbocycles. The van der Waals surface area contributed by atoms with Crippen molar-refractivity contribution >= 4 is 6.03 Å². The van der Waals surface area contributed by atoms with E-state index in [1.807, 2.05) is 9.80 Å². The second kappa shape index (κ2) is 6.24. The minimum atomic E-state index is 0.225. The molecule has 0 atom stereocenters. The van der Waals surface area contributed by atoms with Gasteiger partial charge in [-0.25, -0.2) is 4.79 Å². The Morgan fingerprint density at radius 1 is 0.941 bits per heavy atom. The lowest BCUT2D eigenvalue weighted by Crippen LogP contribution is -2.47. The van der Waals surface area contributed by atoms with Crippen LogP contribution >= 0.6 is 0 Å². The number of piperidine rings is 1. The molecule has 0 spiro atoms. The maximum atomic E-state index is 12.3. The lowest BCUT2D eigenvalue weighted by atomic mass is 9.98. The summed E-state index contributed by atoms with van der Waals surface area (Å²) in [7, 11) is 0. The molecule has 2 rings (SSSR count). The molecule has 0 bridgehead atoms. The van der Waals surface area contributed by atoms with Gasteiger partial charge in [0.05, 0.1) is 0 Å². The molecule has 2 heterocycles. The van der Waals surface area contributed by atoms with Crippen LogP contribution in [0.25, 0.3) is 0 Å². The minimum Gasteiger partial charge on any atom is -0.396 e. The molecule has 0 saturated carbocycles. The number of aliphatic hydroxyl groups is 1. The monoisotopic (exact) mass is 240 g/mol. The van der Waals surface area contributed by atoms with Gasteiger partial charge in [-0.1, -0.05) is 12.8 Å². The Morgan fingerprint density at radius 3 is 2.00 bits per heavy atom. The first-order valence-corrected chi connectivity index (χ1v) is 6.96. The second-order valence-corrected chi connectivity index (χ2v) is 5.30. The molecule has 0 unspecified atom stereocenters. The molecule has 1 N–H and O–H groups in total. The first-order valence-electron chi connectivity index (χ1n) is 6.96. The van der Waals surface area contributed by atoms with Crippen LogP contribution in [-0.2, 0) is 0 Å². The van der Waals surface area contributed by atoms with Crippen LogP contribution < -0.4 is 0 Å². The summed E-state index contributed by atoms with van der Waals surface area (Å²) < 4.78 is 0. The molecule has 2 fully saturated rings. The van der Waals surface area contributed by atoms with Gasteiger partial charge < -0.3 is 14.9 Å². The fraction of sp³-hybridized carbons (Fsp3) is 0.923. The van der Waals surface area contributed by atoms with Gasteiger partial charge in [0.15, 0.2) is 0 Å². The van der Waals surface area contributed by atoms with E-state index in [1.54, 1.807) is 0 Å². The van der Waals surface area contributed by atoms with E-state index in [0.29, 0.717) is 5.92 Å². The smallest absolute Gasteiger partial charge is 0.319 e. The summed E-state index contributed by atoms with van der Waals surface area (Å²) in [6, 6.07) is 0.225. The van der Waals surface area contributed by atoms with Crippen LogP contribution in [0.5, 0.6) is 0 Å². The highest BCUT2D eigenvalue weighted by Crippen LogP contribution is 2.19. The Balaban J connectivity index is 1.82. The number of hydrogen-bond acceptors (Lipinski definition) is 2. The van der Waals surface area contributed by atoms with E-state index in [-0.39, 0.29) is 12.6 Å². The van der Waals surface area contributed by atoms with Crippen molar-refractivity contribution < 1.29 is 9.90 Å². The van der Waals surface area contributed by atoms with E-state index in [4.69, 9.17) is 5.11 Å². The number of amides is 2. The first-order chi connectivity index (χ1) is 8.31. The highest BCUT2D eigenvalue weighted by Gasteiger charge is 2.26. The summed E-state index contributed by atoms with van der Waals surface area (Å²) >= 11 is 0. The standard InChI is InChI=1S/C13H24N2O2/c16-11-12-5-9-15(10-6-12)13(17)14-7-3-1-2-4-8-14/h12,16H,1-11H2. The molecule has 0 aromatic heterocycles. The van der Waals surface area contributed by atoms with Gasteiger partial charge >= 0.3 is 6.03 Å². The summed E-state index contributed by atoms with van der Waals surface area (Å²) in [6.07, 6.45) is 6.73. The van der Waals surface area contributed by atoms with Crippen molar-refractivity contribution in [2.24, 2.45) is 5.92 Å². The fourth-order valence-electron chi connectivity index (χ4n) is 2.77. The number of carbonyl (C=O) groups excluding carboxylic acids is 1. The van der Waals surface area contributed by atoms with Crippen molar-refractivity contribution in [1.29, 1.82) is 0 Å². The van der Waals surface area contributed by atoms with Crippen molar-refractivity contribution in [3.63, 3.8) is 0 Å². The maximum absolute atomic E-state index is 12.3. The van der Waals surface area contributed by atoms with E-state index >= 15 is 0 Å². The van der Waals surface area contributed by atoms with Crippen molar-refractivity contribution in [2.45, 2.75) is 38.5 Å². The fourth-order valence-corrected chi connectivity index (χ4v) is 2.77. The summed E-state index contributed by atoms with van der Waals surface area (Å²) in [4.78, 5) is 16.3. The Morgan fingerprint density at radius 2 is 1.47 bits per heavy atom. The Hall–Kier alpha value is -0.770.